The van der Waals surface area contributed by atoms with Crippen LogP contribution in [0.15, 0.2) is 122 Å². The molecule has 5 aromatic rings. The SMILES string of the molecule is CC(C)(C)OC(=O)N1CC(C(=O)Nc2ccccn2)C1.CC(C)(C)OC(=O)N[C@@H](CC(=O)N1CC(C(=O)Nc2ccccn2)C1)Cc1ccccc1F.CC(C)(C)OC(=O)N[C@@H](CC(=O)O)Cc1ccccc1F.ClCCl.O=C(Nc1ccccn1)C1CNC1.O=C(O)C(F)(F)F.O=C(O)C(F)(F)F.[2H]CI. The van der Waals surface area contributed by atoms with Gasteiger partial charge in [0.05, 0.1) is 29.5 Å². The maximum atomic E-state index is 14.2. The van der Waals surface area contributed by atoms with E-state index in [4.69, 9.17) is 63.7 Å². The first-order valence-corrected chi connectivity index (χ1v) is 34.2. The second-order valence-corrected chi connectivity index (χ2v) is 26.1. The number of nitrogens with one attached hydrogen (secondary N) is 6. The minimum atomic E-state index is -5.08. The Morgan fingerprint density at radius 2 is 0.830 bits per heavy atom. The van der Waals surface area contributed by atoms with Gasteiger partial charge in [-0.05, 0) is 140 Å². The van der Waals surface area contributed by atoms with Crippen molar-refractivity contribution < 1.29 is 114 Å². The number of carboxylic acids is 3. The first-order valence-electron chi connectivity index (χ1n) is 32.3. The number of anilines is 3. The summed E-state index contributed by atoms with van der Waals surface area (Å²) in [6.07, 6.45) is -7.21. The molecule has 7 amide bonds. The molecular formula is C68H86Cl2F8IN11O16. The molecule has 3 aliphatic heterocycles. The number of benzene rings is 2. The van der Waals surface area contributed by atoms with E-state index in [1.165, 1.54) is 17.0 Å². The standard InChI is InChI=1S/C24H29FN4O4.C15H20FNO4.C14H19N3O3.C9H11N3O.2C2HF3O2.CH2Cl2.CH3I/c1-24(2,3)33-23(32)27-18(12-16-8-4-5-9-19(16)25)13-21(30)29-14-17(15-29)22(31)28-20-10-6-7-11-26-20;1-15(2,3)21-14(20)17-11(9-13(18)19)8-10-6-4-5-7-12(10)16;1-14(2,3)20-13(19)17-8-10(9-17)12(18)16-11-6-4-5-7-15-11;13-9(7-5-10-6-7)12-8-3-1-2-4-11-8;2*3-2(4,5)1(6)7;2-1-3;1-2/h4-11,17-18H,12-15H2,1-3H3,(H,27,32)(H,26,28,31);4-7,11H,8-9H2,1-3H3,(H,17,20)(H,18,19);4-7,10H,8-9H2,1-3H3,(H,15,16,18);1-4,7,10H,5-6H2,(H,11,12,13);2*(H,6,7);1H2;1H3/t18-;11-;;;;;;/m11....../s1/i;;;;;;;1D. The Balaban J connectivity index is 0.000000677. The van der Waals surface area contributed by atoms with Gasteiger partial charge in [-0.1, -0.05) is 77.2 Å². The molecule has 9 N–H and O–H groups in total. The molecule has 586 valence electrons. The average molecular weight is 1660 g/mol. The fourth-order valence-corrected chi connectivity index (χ4v) is 8.14. The summed E-state index contributed by atoms with van der Waals surface area (Å²) >= 11 is 11.5. The first-order chi connectivity index (χ1) is 49.7. The molecule has 8 rings (SSSR count). The highest BCUT2D eigenvalue weighted by atomic mass is 127. The lowest BCUT2D eigenvalue weighted by Gasteiger charge is -2.39. The first kappa shape index (κ1) is 92.8. The fraction of sp³-hybridized carbons (Fsp3) is 0.456. The van der Waals surface area contributed by atoms with Gasteiger partial charge in [0.2, 0.25) is 23.6 Å². The third kappa shape index (κ3) is 41.4. The predicted molar refractivity (Wildman–Crippen MR) is 384 cm³/mol. The normalized spacial score (nSPS) is 13.8. The van der Waals surface area contributed by atoms with Gasteiger partial charge in [-0.25, -0.2) is 47.7 Å². The number of ether oxygens (including phenoxy) is 3. The van der Waals surface area contributed by atoms with Gasteiger partial charge in [0.1, 0.15) is 45.9 Å². The number of amides is 7. The number of carbonyl (C=O) groups is 10. The van der Waals surface area contributed by atoms with E-state index in [1.807, 2.05) is 55.5 Å². The molecule has 6 heterocycles. The van der Waals surface area contributed by atoms with Crippen LogP contribution in [0.1, 0.15) is 87.7 Å². The van der Waals surface area contributed by atoms with Crippen molar-refractivity contribution >= 4 is 123 Å². The van der Waals surface area contributed by atoms with Crippen molar-refractivity contribution in [2.24, 2.45) is 17.8 Å². The number of halogens is 11. The van der Waals surface area contributed by atoms with Crippen LogP contribution in [0.5, 0.6) is 0 Å². The molecule has 3 saturated heterocycles. The van der Waals surface area contributed by atoms with Gasteiger partial charge in [-0.2, -0.15) is 26.3 Å². The van der Waals surface area contributed by atoms with Crippen LogP contribution in [0.25, 0.3) is 0 Å². The lowest BCUT2D eigenvalue weighted by atomic mass is 9.96. The Bertz CT molecular complexity index is 3570. The summed E-state index contributed by atoms with van der Waals surface area (Å²) in [6.45, 7) is 18.6. The van der Waals surface area contributed by atoms with Crippen LogP contribution in [-0.2, 0) is 60.6 Å². The van der Waals surface area contributed by atoms with Gasteiger partial charge in [0, 0.05) is 77.7 Å². The zero-order chi connectivity index (χ0) is 81.5. The number of alkyl carbamates (subject to hydrolysis) is 2. The molecule has 0 unspecified atom stereocenters. The number of rotatable bonds is 16. The summed E-state index contributed by atoms with van der Waals surface area (Å²) in [7, 11) is 0. The highest BCUT2D eigenvalue weighted by Gasteiger charge is 2.41. The second kappa shape index (κ2) is 46.6. The van der Waals surface area contributed by atoms with Crippen molar-refractivity contribution in [1.82, 2.24) is 40.7 Å². The minimum Gasteiger partial charge on any atom is -0.481 e. The van der Waals surface area contributed by atoms with Gasteiger partial charge < -0.3 is 71.2 Å². The lowest BCUT2D eigenvalue weighted by Crippen LogP contribution is -2.55. The van der Waals surface area contributed by atoms with Crippen molar-refractivity contribution in [2.45, 2.75) is 129 Å². The highest BCUT2D eigenvalue weighted by Crippen LogP contribution is 2.24. The molecule has 0 radical (unpaired) electrons. The zero-order valence-electron chi connectivity index (χ0n) is 60.0. The van der Waals surface area contributed by atoms with Crippen molar-refractivity contribution in [3.63, 3.8) is 0 Å². The number of hydrogen-bond acceptors (Lipinski definition) is 17. The van der Waals surface area contributed by atoms with Crippen molar-refractivity contribution in [1.29, 1.82) is 0 Å². The molecule has 0 aliphatic carbocycles. The Kier molecular flexibility index (Phi) is 40.8. The number of likely N-dealkylation sites (tertiary alicyclic amines) is 2. The van der Waals surface area contributed by atoms with Crippen LogP contribution < -0.4 is 31.9 Å². The number of carboxylic acid groups (broad SMARTS) is 3. The maximum absolute atomic E-state index is 14.2. The van der Waals surface area contributed by atoms with E-state index in [2.05, 4.69) is 46.9 Å². The number of pyridine rings is 3. The largest absolute Gasteiger partial charge is 0.490 e. The molecule has 2 atom stereocenters. The molecule has 27 nitrogen and oxygen atoms in total. The predicted octanol–water partition coefficient (Wildman–Crippen LogP) is 11.7. The van der Waals surface area contributed by atoms with Crippen LogP contribution >= 0.6 is 45.8 Å². The zero-order valence-corrected chi connectivity index (χ0v) is 62.6. The lowest BCUT2D eigenvalue weighted by molar-refractivity contribution is -0.193. The number of hydrogen-bond donors (Lipinski definition) is 9. The number of carbonyl (C=O) groups excluding carboxylic acids is 7. The quantitative estimate of drug-likeness (QED) is 0.0192. The molecule has 106 heavy (non-hydrogen) atoms. The summed E-state index contributed by atoms with van der Waals surface area (Å²) in [5, 5.41) is 39.7. The molecule has 2 aromatic carbocycles. The van der Waals surface area contributed by atoms with Crippen LogP contribution in [0.4, 0.5) is 67.0 Å². The van der Waals surface area contributed by atoms with Gasteiger partial charge in [-0.15, -0.1) is 23.2 Å². The number of aromatic nitrogens is 3. The summed E-state index contributed by atoms with van der Waals surface area (Å²) < 4.78 is 113. The molecule has 3 aromatic heterocycles. The minimum absolute atomic E-state index is 0.0395. The van der Waals surface area contributed by atoms with E-state index in [0.29, 0.717) is 46.6 Å². The molecule has 3 fully saturated rings. The van der Waals surface area contributed by atoms with Gasteiger partial charge >= 0.3 is 48.5 Å². The van der Waals surface area contributed by atoms with Gasteiger partial charge in [-0.3, -0.25) is 24.0 Å². The summed E-state index contributed by atoms with van der Waals surface area (Å²) in [4.78, 5) is 128. The van der Waals surface area contributed by atoms with Gasteiger partial charge in [0.15, 0.2) is 0 Å². The number of nitrogens with zero attached hydrogens (tertiary/aromatic N) is 5. The Morgan fingerprint density at radius 1 is 0.528 bits per heavy atom. The summed E-state index contributed by atoms with van der Waals surface area (Å²) in [5.41, 5.74) is -1.17. The molecule has 0 saturated carbocycles. The van der Waals surface area contributed by atoms with Crippen molar-refractivity contribution in [3.05, 3.63) is 144 Å². The number of aliphatic carboxylic acids is 3. The van der Waals surface area contributed by atoms with E-state index < -0.39 is 83.0 Å². The molecule has 38 heteroatoms. The summed E-state index contributed by atoms with van der Waals surface area (Å²) in [6, 6.07) is 26.9. The van der Waals surface area contributed by atoms with E-state index in [0.717, 1.165) is 13.1 Å². The van der Waals surface area contributed by atoms with Crippen LogP contribution in [0.2, 0.25) is 0 Å². The summed E-state index contributed by atoms with van der Waals surface area (Å²) in [5.74, 6) is -6.75. The highest BCUT2D eigenvalue weighted by molar-refractivity contribution is 14.1. The molecule has 3 aliphatic rings. The topological polar surface area (TPSA) is 376 Å². The molecular weight excluding hydrogens is 1580 g/mol. The second-order valence-electron chi connectivity index (χ2n) is 25.3. The smallest absolute Gasteiger partial charge is 0.481 e. The van der Waals surface area contributed by atoms with Crippen LogP contribution in [0.3, 0.4) is 0 Å². The van der Waals surface area contributed by atoms with Crippen LogP contribution in [-0.4, -0.2) is 191 Å². The third-order valence-corrected chi connectivity index (χ3v) is 13.0. The molecule has 0 bridgehead atoms. The Hall–Kier alpha value is -9.30. The fourth-order valence-electron chi connectivity index (χ4n) is 8.14. The Morgan fingerprint density at radius 3 is 1.10 bits per heavy atom. The van der Waals surface area contributed by atoms with Crippen molar-refractivity contribution in [2.75, 3.05) is 65.5 Å². The van der Waals surface area contributed by atoms with Crippen LogP contribution in [0, 0.1) is 29.4 Å². The van der Waals surface area contributed by atoms with E-state index in [9.17, 15) is 73.5 Å². The van der Waals surface area contributed by atoms with E-state index in [1.54, 1.807) is 144 Å². The average Bonchev–Trinajstić information content (AvgIpc) is 0.819. The monoisotopic (exact) mass is 1660 g/mol. The third-order valence-electron chi connectivity index (χ3n) is 13.0. The number of alkyl halides is 9. The van der Waals surface area contributed by atoms with Crippen molar-refractivity contribution in [3.8, 4) is 0 Å². The van der Waals surface area contributed by atoms with E-state index >= 15 is 0 Å². The van der Waals surface area contributed by atoms with E-state index in [-0.39, 0.29) is 91.6 Å². The molecule has 0 spiro atoms. The Labute approximate surface area is 631 Å². The van der Waals surface area contributed by atoms with Gasteiger partial charge in [0.25, 0.3) is 0 Å². The maximum Gasteiger partial charge on any atom is 0.490 e.